The van der Waals surface area contributed by atoms with Crippen LogP contribution in [0.1, 0.15) is 32.3 Å². The zero-order chi connectivity index (χ0) is 18.7. The first kappa shape index (κ1) is 18.7. The van der Waals surface area contributed by atoms with Gasteiger partial charge in [0.25, 0.3) is 0 Å². The first-order chi connectivity index (χ1) is 12.5. The molecule has 6 nitrogen and oxygen atoms in total. The van der Waals surface area contributed by atoms with E-state index in [-0.39, 0.29) is 23.9 Å². The van der Waals surface area contributed by atoms with Crippen LogP contribution in [0.25, 0.3) is 0 Å². The van der Waals surface area contributed by atoms with Crippen LogP contribution in [0, 0.1) is 12.8 Å². The molecule has 3 rings (SSSR count). The summed E-state index contributed by atoms with van der Waals surface area (Å²) in [5.41, 5.74) is 1.91. The highest BCUT2D eigenvalue weighted by Crippen LogP contribution is 2.22. The molecule has 3 amide bonds. The number of rotatable bonds is 2. The van der Waals surface area contributed by atoms with Crippen LogP contribution in [-0.2, 0) is 4.79 Å². The first-order valence-corrected chi connectivity index (χ1v) is 9.62. The summed E-state index contributed by atoms with van der Waals surface area (Å²) in [6.07, 6.45) is 1.73. The van der Waals surface area contributed by atoms with Gasteiger partial charge < -0.3 is 20.4 Å². The summed E-state index contributed by atoms with van der Waals surface area (Å²) in [4.78, 5) is 29.4. The van der Waals surface area contributed by atoms with E-state index < -0.39 is 0 Å². The number of piperidine rings is 1. The van der Waals surface area contributed by atoms with E-state index in [2.05, 4.69) is 24.5 Å². The lowest BCUT2D eigenvalue weighted by Crippen LogP contribution is -2.59. The number of urea groups is 1. The van der Waals surface area contributed by atoms with Gasteiger partial charge in [-0.25, -0.2) is 4.79 Å². The quantitative estimate of drug-likeness (QED) is 0.853. The fraction of sp³-hybridized carbons (Fsp3) is 0.600. The monoisotopic (exact) mass is 358 g/mol. The second kappa shape index (κ2) is 8.08. The lowest BCUT2D eigenvalue weighted by molar-refractivity contribution is -0.140. The number of carbonyl (C=O) groups excluding carboxylic acids is 2. The summed E-state index contributed by atoms with van der Waals surface area (Å²) in [6, 6.07) is 8.15. The van der Waals surface area contributed by atoms with E-state index >= 15 is 0 Å². The lowest BCUT2D eigenvalue weighted by atomic mass is 9.94. The molecule has 0 aromatic heterocycles. The average molecular weight is 358 g/mol. The van der Waals surface area contributed by atoms with Crippen LogP contribution >= 0.6 is 0 Å². The van der Waals surface area contributed by atoms with Crippen LogP contribution in [-0.4, -0.2) is 60.0 Å². The molecular formula is C20H30N4O2. The van der Waals surface area contributed by atoms with Crippen LogP contribution in [0.15, 0.2) is 24.3 Å². The molecule has 6 heteroatoms. The molecule has 0 radical (unpaired) electrons. The van der Waals surface area contributed by atoms with E-state index in [1.807, 2.05) is 36.1 Å². The topological polar surface area (TPSA) is 64.7 Å². The van der Waals surface area contributed by atoms with Gasteiger partial charge in [0.05, 0.1) is 5.92 Å². The summed E-state index contributed by atoms with van der Waals surface area (Å²) in [5.74, 6) is 0.0960. The molecule has 1 aromatic carbocycles. The number of nitrogens with one attached hydrogen (secondary N) is 2. The Kier molecular flexibility index (Phi) is 5.81. The Morgan fingerprint density at radius 2 is 2.04 bits per heavy atom. The number of carbonyl (C=O) groups is 2. The number of aryl methyl sites for hydroxylation is 1. The molecule has 3 atom stereocenters. The third kappa shape index (κ3) is 4.18. The van der Waals surface area contributed by atoms with Gasteiger partial charge in [-0.3, -0.25) is 4.79 Å². The van der Waals surface area contributed by atoms with E-state index in [4.69, 9.17) is 0 Å². The Hall–Kier alpha value is -2.08. The van der Waals surface area contributed by atoms with Crippen molar-refractivity contribution in [1.29, 1.82) is 0 Å². The average Bonchev–Trinajstić information content (AvgIpc) is 2.63. The normalized spacial score (nSPS) is 26.5. The first-order valence-electron chi connectivity index (χ1n) is 9.62. The SMILES string of the molecule is Cc1cccc(NC(=O)N2CCCC(C(=O)N3CCNC(C)C3C)C2)c1. The minimum absolute atomic E-state index is 0.0974. The smallest absolute Gasteiger partial charge is 0.321 e. The van der Waals surface area contributed by atoms with Crippen molar-refractivity contribution >= 4 is 17.6 Å². The minimum atomic E-state index is -0.116. The van der Waals surface area contributed by atoms with Crippen LogP contribution in [0.5, 0.6) is 0 Å². The predicted octanol–water partition coefficient (Wildman–Crippen LogP) is 2.45. The third-order valence-corrected chi connectivity index (χ3v) is 5.64. The molecule has 142 valence electrons. The summed E-state index contributed by atoms with van der Waals surface area (Å²) >= 11 is 0. The van der Waals surface area contributed by atoms with Crippen LogP contribution in [0.3, 0.4) is 0 Å². The zero-order valence-corrected chi connectivity index (χ0v) is 16.0. The number of nitrogens with zero attached hydrogens (tertiary/aromatic N) is 2. The minimum Gasteiger partial charge on any atom is -0.337 e. The van der Waals surface area contributed by atoms with Crippen LogP contribution in [0.4, 0.5) is 10.5 Å². The molecule has 2 aliphatic rings. The molecule has 0 bridgehead atoms. The second-order valence-electron chi connectivity index (χ2n) is 7.60. The lowest BCUT2D eigenvalue weighted by Gasteiger charge is -2.42. The molecule has 26 heavy (non-hydrogen) atoms. The highest BCUT2D eigenvalue weighted by atomic mass is 16.2. The van der Waals surface area contributed by atoms with Gasteiger partial charge in [-0.15, -0.1) is 0 Å². The zero-order valence-electron chi connectivity index (χ0n) is 16.0. The fourth-order valence-electron chi connectivity index (χ4n) is 3.89. The van der Waals surface area contributed by atoms with Crippen molar-refractivity contribution in [3.05, 3.63) is 29.8 Å². The number of benzene rings is 1. The summed E-state index contributed by atoms with van der Waals surface area (Å²) in [6.45, 7) is 9.00. The number of piperazine rings is 1. The summed E-state index contributed by atoms with van der Waals surface area (Å²) < 4.78 is 0. The van der Waals surface area contributed by atoms with Crippen LogP contribution < -0.4 is 10.6 Å². The molecule has 0 spiro atoms. The number of likely N-dealkylation sites (tertiary alicyclic amines) is 1. The van der Waals surface area contributed by atoms with E-state index in [1.54, 1.807) is 4.90 Å². The summed E-state index contributed by atoms with van der Waals surface area (Å²) in [5, 5.41) is 6.37. The van der Waals surface area contributed by atoms with Gasteiger partial charge in [-0.05, 0) is 51.3 Å². The van der Waals surface area contributed by atoms with Crippen molar-refractivity contribution in [2.45, 2.75) is 45.7 Å². The van der Waals surface area contributed by atoms with Crippen molar-refractivity contribution in [2.24, 2.45) is 5.92 Å². The van der Waals surface area contributed by atoms with Gasteiger partial charge in [0, 0.05) is 44.0 Å². The maximum atomic E-state index is 13.0. The molecule has 2 saturated heterocycles. The highest BCUT2D eigenvalue weighted by molar-refractivity contribution is 5.90. The molecule has 2 fully saturated rings. The molecule has 3 unspecified atom stereocenters. The maximum Gasteiger partial charge on any atom is 0.321 e. The van der Waals surface area contributed by atoms with Crippen LogP contribution in [0.2, 0.25) is 0 Å². The Morgan fingerprint density at radius 1 is 1.23 bits per heavy atom. The molecular weight excluding hydrogens is 328 g/mol. The number of hydrogen-bond donors (Lipinski definition) is 2. The maximum absolute atomic E-state index is 13.0. The van der Waals surface area contributed by atoms with Crippen molar-refractivity contribution in [1.82, 2.24) is 15.1 Å². The number of anilines is 1. The molecule has 2 heterocycles. The standard InChI is InChI=1S/C20H30N4O2/c1-14-6-4-8-18(12-14)22-20(26)23-10-5-7-17(13-23)19(25)24-11-9-21-15(2)16(24)3/h4,6,8,12,15-17,21H,5,7,9-11,13H2,1-3H3,(H,22,26). The van der Waals surface area contributed by atoms with Gasteiger partial charge in [-0.1, -0.05) is 12.1 Å². The number of amides is 3. The van der Waals surface area contributed by atoms with Gasteiger partial charge >= 0.3 is 6.03 Å². The van der Waals surface area contributed by atoms with Gasteiger partial charge in [0.2, 0.25) is 5.91 Å². The summed E-state index contributed by atoms with van der Waals surface area (Å²) in [7, 11) is 0. The van der Waals surface area contributed by atoms with Crippen molar-refractivity contribution in [3.63, 3.8) is 0 Å². The van der Waals surface area contributed by atoms with Gasteiger partial charge in [0.1, 0.15) is 0 Å². The molecule has 0 saturated carbocycles. The molecule has 2 N–H and O–H groups in total. The largest absolute Gasteiger partial charge is 0.337 e. The molecule has 1 aromatic rings. The third-order valence-electron chi connectivity index (χ3n) is 5.64. The van der Waals surface area contributed by atoms with Crippen molar-refractivity contribution in [3.8, 4) is 0 Å². The fourth-order valence-corrected chi connectivity index (χ4v) is 3.89. The van der Waals surface area contributed by atoms with E-state index in [0.717, 1.165) is 37.2 Å². The predicted molar refractivity (Wildman–Crippen MR) is 103 cm³/mol. The van der Waals surface area contributed by atoms with Gasteiger partial charge in [-0.2, -0.15) is 0 Å². The Balaban J connectivity index is 1.61. The second-order valence-corrected chi connectivity index (χ2v) is 7.60. The Labute approximate surface area is 155 Å². The molecule has 2 aliphatic heterocycles. The van der Waals surface area contributed by atoms with Crippen molar-refractivity contribution < 1.29 is 9.59 Å². The van der Waals surface area contributed by atoms with Crippen molar-refractivity contribution in [2.75, 3.05) is 31.5 Å². The molecule has 0 aliphatic carbocycles. The number of hydrogen-bond acceptors (Lipinski definition) is 3. The van der Waals surface area contributed by atoms with E-state index in [1.165, 1.54) is 0 Å². The van der Waals surface area contributed by atoms with Gasteiger partial charge in [0.15, 0.2) is 0 Å². The highest BCUT2D eigenvalue weighted by Gasteiger charge is 2.35. The van der Waals surface area contributed by atoms with E-state index in [0.29, 0.717) is 19.1 Å². The Morgan fingerprint density at radius 3 is 2.81 bits per heavy atom. The Bertz CT molecular complexity index is 663. The van der Waals surface area contributed by atoms with E-state index in [9.17, 15) is 9.59 Å².